The molecule has 0 unspecified atom stereocenters. The number of anilines is 2. The van der Waals surface area contributed by atoms with Gasteiger partial charge in [0.05, 0.1) is 18.0 Å². The van der Waals surface area contributed by atoms with Gasteiger partial charge in [0.25, 0.3) is 0 Å². The van der Waals surface area contributed by atoms with Gasteiger partial charge in [-0.05, 0) is 24.6 Å². The summed E-state index contributed by atoms with van der Waals surface area (Å²) in [4.78, 5) is 31.6. The molecule has 0 saturated carbocycles. The fourth-order valence-corrected chi connectivity index (χ4v) is 3.36. The number of fused-ring (bicyclic) bond motifs is 1. The van der Waals surface area contributed by atoms with Crippen LogP contribution >= 0.6 is 0 Å². The molecule has 136 valence electrons. The van der Waals surface area contributed by atoms with E-state index in [4.69, 9.17) is 6.57 Å². The predicted molar refractivity (Wildman–Crippen MR) is 104 cm³/mol. The first-order valence-electron chi connectivity index (χ1n) is 8.70. The van der Waals surface area contributed by atoms with Gasteiger partial charge in [-0.15, -0.1) is 0 Å². The molecule has 1 aliphatic heterocycles. The molecule has 0 aliphatic carbocycles. The molecule has 1 fully saturated rings. The van der Waals surface area contributed by atoms with Crippen molar-refractivity contribution in [3.8, 4) is 0 Å². The molecule has 1 atom stereocenters. The third-order valence-electron chi connectivity index (χ3n) is 4.91. The summed E-state index contributed by atoms with van der Waals surface area (Å²) < 4.78 is 0. The topological polar surface area (TPSA) is 81.5 Å². The Morgan fingerprint density at radius 2 is 2.15 bits per heavy atom. The average Bonchev–Trinajstić information content (AvgIpc) is 3.37. The lowest BCUT2D eigenvalue weighted by Crippen LogP contribution is -2.41. The summed E-state index contributed by atoms with van der Waals surface area (Å²) in [6.07, 6.45) is 4.29. The zero-order valence-electron chi connectivity index (χ0n) is 14.9. The molecule has 0 radical (unpaired) electrons. The fourth-order valence-electron chi connectivity index (χ4n) is 3.36. The van der Waals surface area contributed by atoms with E-state index >= 15 is 0 Å². The summed E-state index contributed by atoms with van der Waals surface area (Å²) >= 11 is 0. The third-order valence-corrected chi connectivity index (χ3v) is 4.91. The molecule has 2 N–H and O–H groups in total. The molecule has 2 amide bonds. The van der Waals surface area contributed by atoms with Crippen LogP contribution in [0.3, 0.4) is 0 Å². The monoisotopic (exact) mass is 361 g/mol. The Labute approximate surface area is 156 Å². The third kappa shape index (κ3) is 3.27. The van der Waals surface area contributed by atoms with E-state index in [9.17, 15) is 4.79 Å². The number of aromatic amines is 1. The zero-order chi connectivity index (χ0) is 18.8. The van der Waals surface area contributed by atoms with E-state index in [-0.39, 0.29) is 12.1 Å². The number of nitrogens with zero attached hydrogens (tertiary/aromatic N) is 5. The van der Waals surface area contributed by atoms with E-state index in [1.807, 2.05) is 19.3 Å². The number of nitrogens with one attached hydrogen (secondary N) is 2. The van der Waals surface area contributed by atoms with Crippen LogP contribution in [0.15, 0.2) is 42.9 Å². The van der Waals surface area contributed by atoms with Gasteiger partial charge in [0.2, 0.25) is 0 Å². The Bertz CT molecular complexity index is 1000. The van der Waals surface area contributed by atoms with Gasteiger partial charge in [-0.25, -0.2) is 19.6 Å². The molecule has 3 aromatic rings. The quantitative estimate of drug-likeness (QED) is 0.702. The van der Waals surface area contributed by atoms with Gasteiger partial charge in [-0.1, -0.05) is 12.1 Å². The van der Waals surface area contributed by atoms with E-state index in [1.165, 1.54) is 0 Å². The second kappa shape index (κ2) is 6.96. The van der Waals surface area contributed by atoms with Crippen LogP contribution in [0.1, 0.15) is 6.42 Å². The summed E-state index contributed by atoms with van der Waals surface area (Å²) in [5.74, 6) is 0.896. The van der Waals surface area contributed by atoms with Crippen LogP contribution in [0.2, 0.25) is 0 Å². The molecular formula is C19H19N7O. The van der Waals surface area contributed by atoms with Gasteiger partial charge >= 0.3 is 6.03 Å². The van der Waals surface area contributed by atoms with Crippen molar-refractivity contribution < 1.29 is 4.79 Å². The van der Waals surface area contributed by atoms with Crippen molar-refractivity contribution >= 4 is 34.3 Å². The highest BCUT2D eigenvalue weighted by Gasteiger charge is 2.30. The first kappa shape index (κ1) is 16.8. The molecule has 8 heteroatoms. The van der Waals surface area contributed by atoms with E-state index in [0.717, 1.165) is 36.4 Å². The normalized spacial score (nSPS) is 16.3. The molecule has 3 heterocycles. The molecular weight excluding hydrogens is 342 g/mol. The van der Waals surface area contributed by atoms with Crippen molar-refractivity contribution in [2.24, 2.45) is 0 Å². The standard InChI is InChI=1S/C19H19N7O/c1-20-13-3-5-14(6-4-13)24-19(27)25(2)15-8-10-26(11-15)18-16-7-9-21-17(16)22-12-23-18/h3-7,9,12,15H,8,10-11H2,2H3,(H,24,27)(H,21,22,23)/t15-/m1/s1. The summed E-state index contributed by atoms with van der Waals surface area (Å²) in [5.41, 5.74) is 2.05. The molecule has 4 rings (SSSR count). The van der Waals surface area contributed by atoms with E-state index < -0.39 is 0 Å². The highest BCUT2D eigenvalue weighted by Crippen LogP contribution is 2.27. The first-order chi connectivity index (χ1) is 13.2. The predicted octanol–water partition coefficient (Wildman–Crippen LogP) is 3.25. The summed E-state index contributed by atoms with van der Waals surface area (Å²) in [6, 6.07) is 8.77. The highest BCUT2D eigenvalue weighted by atomic mass is 16.2. The average molecular weight is 361 g/mol. The number of amides is 2. The Balaban J connectivity index is 1.42. The number of urea groups is 1. The largest absolute Gasteiger partial charge is 0.354 e. The molecule has 0 bridgehead atoms. The molecule has 8 nitrogen and oxygen atoms in total. The van der Waals surface area contributed by atoms with Gasteiger partial charge in [0, 0.05) is 32.0 Å². The molecule has 27 heavy (non-hydrogen) atoms. The maximum absolute atomic E-state index is 12.6. The Morgan fingerprint density at radius 1 is 1.33 bits per heavy atom. The van der Waals surface area contributed by atoms with Gasteiger partial charge in [-0.2, -0.15) is 0 Å². The van der Waals surface area contributed by atoms with Gasteiger partial charge in [0.1, 0.15) is 17.8 Å². The van der Waals surface area contributed by atoms with Crippen LogP contribution in [0.4, 0.5) is 22.0 Å². The molecule has 1 saturated heterocycles. The smallest absolute Gasteiger partial charge is 0.321 e. The van der Waals surface area contributed by atoms with Crippen LogP contribution in [0.5, 0.6) is 0 Å². The number of hydrogen-bond acceptors (Lipinski definition) is 4. The minimum Gasteiger partial charge on any atom is -0.354 e. The number of carbonyl (C=O) groups excluding carboxylic acids is 1. The number of aromatic nitrogens is 3. The maximum Gasteiger partial charge on any atom is 0.321 e. The molecule has 1 aliphatic rings. The lowest BCUT2D eigenvalue weighted by Gasteiger charge is -2.25. The maximum atomic E-state index is 12.6. The lowest BCUT2D eigenvalue weighted by atomic mass is 10.2. The summed E-state index contributed by atoms with van der Waals surface area (Å²) in [5, 5.41) is 3.88. The molecule has 0 spiro atoms. The lowest BCUT2D eigenvalue weighted by molar-refractivity contribution is 0.208. The minimum atomic E-state index is -0.160. The minimum absolute atomic E-state index is 0.0940. The number of H-pyrrole nitrogens is 1. The first-order valence-corrected chi connectivity index (χ1v) is 8.70. The number of hydrogen-bond donors (Lipinski definition) is 2. The second-order valence-corrected chi connectivity index (χ2v) is 6.53. The summed E-state index contributed by atoms with van der Waals surface area (Å²) in [6.45, 7) is 8.53. The van der Waals surface area contributed by atoms with Crippen LogP contribution in [0, 0.1) is 6.57 Å². The van der Waals surface area contributed by atoms with Crippen LogP contribution in [0.25, 0.3) is 15.9 Å². The van der Waals surface area contributed by atoms with Crippen LogP contribution < -0.4 is 10.2 Å². The Kier molecular flexibility index (Phi) is 4.34. The number of benzene rings is 1. The number of rotatable bonds is 3. The molecule has 1 aromatic carbocycles. The van der Waals surface area contributed by atoms with E-state index in [2.05, 4.69) is 30.0 Å². The number of carbonyl (C=O) groups is 1. The van der Waals surface area contributed by atoms with Crippen LogP contribution in [-0.2, 0) is 0 Å². The van der Waals surface area contributed by atoms with Crippen molar-refractivity contribution in [2.75, 3.05) is 30.4 Å². The summed E-state index contributed by atoms with van der Waals surface area (Å²) in [7, 11) is 1.81. The Morgan fingerprint density at radius 3 is 2.93 bits per heavy atom. The SMILES string of the molecule is [C-]#[N+]c1ccc(NC(=O)N(C)[C@@H]2CCN(c3ncnc4[nH]ccc34)C2)cc1. The van der Waals surface area contributed by atoms with E-state index in [1.54, 1.807) is 35.5 Å². The Hall–Kier alpha value is -3.60. The highest BCUT2D eigenvalue weighted by molar-refractivity contribution is 5.90. The van der Waals surface area contributed by atoms with Crippen molar-refractivity contribution in [3.05, 3.63) is 54.3 Å². The zero-order valence-corrected chi connectivity index (χ0v) is 14.9. The van der Waals surface area contributed by atoms with Crippen molar-refractivity contribution in [1.29, 1.82) is 0 Å². The van der Waals surface area contributed by atoms with Gasteiger partial charge in [0.15, 0.2) is 5.69 Å². The van der Waals surface area contributed by atoms with Crippen molar-refractivity contribution in [2.45, 2.75) is 12.5 Å². The van der Waals surface area contributed by atoms with Gasteiger partial charge < -0.3 is 20.1 Å². The van der Waals surface area contributed by atoms with Crippen molar-refractivity contribution in [3.63, 3.8) is 0 Å². The second-order valence-electron chi connectivity index (χ2n) is 6.53. The van der Waals surface area contributed by atoms with Crippen molar-refractivity contribution in [1.82, 2.24) is 19.9 Å². The molecule has 2 aromatic heterocycles. The number of likely N-dealkylation sites (N-methyl/N-ethyl adjacent to an activating group) is 1. The van der Waals surface area contributed by atoms with Crippen LogP contribution in [-0.4, -0.2) is 52.1 Å². The van der Waals surface area contributed by atoms with Gasteiger partial charge in [-0.3, -0.25) is 0 Å². The van der Waals surface area contributed by atoms with E-state index in [0.29, 0.717) is 11.4 Å². The fraction of sp³-hybridized carbons (Fsp3) is 0.263.